The van der Waals surface area contributed by atoms with E-state index in [0.717, 1.165) is 34.7 Å². The largest absolute Gasteiger partial charge is 0.465 e. The number of anilines is 2. The normalized spacial score (nSPS) is 20.8. The first-order valence-electron chi connectivity index (χ1n) is 12.7. The molecule has 4 rings (SSSR count). The number of methoxy groups -OCH3 is 1. The number of fused-ring (bicyclic) bond motifs is 1. The minimum atomic E-state index is -0.320. The minimum absolute atomic E-state index is 0.320. The molecule has 3 atom stereocenters. The lowest BCUT2D eigenvalue weighted by atomic mass is 9.74. The zero-order valence-corrected chi connectivity index (χ0v) is 21.7. The van der Waals surface area contributed by atoms with E-state index in [1.54, 1.807) is 0 Å². The lowest BCUT2D eigenvalue weighted by Crippen LogP contribution is -2.30. The fraction of sp³-hybridized carbons (Fsp3) is 0.517. The molecule has 1 fully saturated rings. The third-order valence-electron chi connectivity index (χ3n) is 7.59. The first-order valence-corrected chi connectivity index (χ1v) is 12.7. The summed E-state index contributed by atoms with van der Waals surface area (Å²) in [5.74, 6) is 2.86. The number of ether oxygens (including phenoxy) is 1. The van der Waals surface area contributed by atoms with Crippen molar-refractivity contribution >= 4 is 28.6 Å². The molecule has 1 saturated carbocycles. The van der Waals surface area contributed by atoms with Crippen LogP contribution < -0.4 is 5.32 Å². The van der Waals surface area contributed by atoms with Gasteiger partial charge in [0.05, 0.1) is 23.7 Å². The van der Waals surface area contributed by atoms with E-state index in [9.17, 15) is 4.79 Å². The molecule has 0 aliphatic heterocycles. The summed E-state index contributed by atoms with van der Waals surface area (Å²) in [7, 11) is 1.43. The molecular weight excluding hydrogens is 422 g/mol. The quantitative estimate of drug-likeness (QED) is 0.383. The molecule has 3 aromatic rings. The number of carbonyl (C=O) groups is 1. The van der Waals surface area contributed by atoms with E-state index in [1.807, 2.05) is 13.0 Å². The Balaban J connectivity index is 1.86. The summed E-state index contributed by atoms with van der Waals surface area (Å²) < 4.78 is 7.44. The van der Waals surface area contributed by atoms with E-state index in [2.05, 4.69) is 74.8 Å². The van der Waals surface area contributed by atoms with Gasteiger partial charge in [-0.1, -0.05) is 53.2 Å². The van der Waals surface area contributed by atoms with Gasteiger partial charge in [-0.15, -0.1) is 0 Å². The molecule has 0 unspecified atom stereocenters. The first kappa shape index (κ1) is 24.3. The lowest BCUT2D eigenvalue weighted by molar-refractivity contribution is 0.0600. The number of esters is 1. The number of nitrogens with zero attached hydrogens (tertiary/aromatic N) is 2. The third-order valence-corrected chi connectivity index (χ3v) is 7.59. The Morgan fingerprint density at radius 3 is 2.44 bits per heavy atom. The van der Waals surface area contributed by atoms with Gasteiger partial charge < -0.3 is 14.6 Å². The van der Waals surface area contributed by atoms with Crippen molar-refractivity contribution in [1.29, 1.82) is 0 Å². The zero-order valence-electron chi connectivity index (χ0n) is 21.7. The molecule has 0 radical (unpaired) electrons. The van der Waals surface area contributed by atoms with Crippen LogP contribution in [0.2, 0.25) is 0 Å². The fourth-order valence-corrected chi connectivity index (χ4v) is 5.53. The molecule has 0 saturated heterocycles. The maximum absolute atomic E-state index is 12.4. The van der Waals surface area contributed by atoms with Gasteiger partial charge in [-0.05, 0) is 78.8 Å². The van der Waals surface area contributed by atoms with Gasteiger partial charge in [-0.25, -0.2) is 9.78 Å². The zero-order chi connectivity index (χ0) is 24.6. The molecule has 1 aliphatic rings. The number of benzene rings is 2. The van der Waals surface area contributed by atoms with Gasteiger partial charge in [0.15, 0.2) is 0 Å². The smallest absolute Gasteiger partial charge is 0.338 e. The predicted octanol–water partition coefficient (Wildman–Crippen LogP) is 7.63. The average Bonchev–Trinajstić information content (AvgIpc) is 3.14. The van der Waals surface area contributed by atoms with Gasteiger partial charge >= 0.3 is 5.97 Å². The molecule has 2 aromatic carbocycles. The number of carbonyl (C=O) groups excluding carboxylic acids is 1. The summed E-state index contributed by atoms with van der Waals surface area (Å²) in [6, 6.07) is 13.0. The van der Waals surface area contributed by atoms with Crippen molar-refractivity contribution in [3.8, 4) is 0 Å². The maximum atomic E-state index is 12.4. The van der Waals surface area contributed by atoms with Crippen molar-refractivity contribution < 1.29 is 9.53 Å². The summed E-state index contributed by atoms with van der Waals surface area (Å²) in [5.41, 5.74) is 5.74. The number of aromatic nitrogens is 2. The van der Waals surface area contributed by atoms with Crippen molar-refractivity contribution in [2.45, 2.75) is 72.8 Å². The summed E-state index contributed by atoms with van der Waals surface area (Å²) in [6.07, 6.45) is 3.63. The second-order valence-electron chi connectivity index (χ2n) is 10.7. The van der Waals surface area contributed by atoms with Gasteiger partial charge in [0, 0.05) is 11.7 Å². The number of aryl methyl sites for hydroxylation is 1. The van der Waals surface area contributed by atoms with E-state index < -0.39 is 0 Å². The molecule has 1 heterocycles. The van der Waals surface area contributed by atoms with Crippen molar-refractivity contribution in [3.63, 3.8) is 0 Å². The van der Waals surface area contributed by atoms with Crippen LogP contribution in [0.25, 0.3) is 11.0 Å². The van der Waals surface area contributed by atoms with Crippen molar-refractivity contribution in [2.24, 2.45) is 17.8 Å². The van der Waals surface area contributed by atoms with Gasteiger partial charge in [-0.3, -0.25) is 0 Å². The van der Waals surface area contributed by atoms with Gasteiger partial charge in [0.25, 0.3) is 0 Å². The summed E-state index contributed by atoms with van der Waals surface area (Å²) >= 11 is 0. The molecule has 0 bridgehead atoms. The van der Waals surface area contributed by atoms with Crippen molar-refractivity contribution in [2.75, 3.05) is 12.4 Å². The van der Waals surface area contributed by atoms with E-state index in [1.165, 1.54) is 25.5 Å². The Hall–Kier alpha value is -2.82. The van der Waals surface area contributed by atoms with Crippen LogP contribution in [0.5, 0.6) is 0 Å². The highest BCUT2D eigenvalue weighted by molar-refractivity contribution is 5.96. The Morgan fingerprint density at radius 2 is 1.82 bits per heavy atom. The fourth-order valence-electron chi connectivity index (χ4n) is 5.53. The van der Waals surface area contributed by atoms with Crippen LogP contribution in [0, 0.1) is 24.7 Å². The molecule has 0 amide bonds. The molecule has 5 nitrogen and oxygen atoms in total. The Morgan fingerprint density at radius 1 is 1.12 bits per heavy atom. The number of hydrogen-bond donors (Lipinski definition) is 1. The van der Waals surface area contributed by atoms with Crippen LogP contribution in [0.1, 0.15) is 87.3 Å². The molecule has 1 aliphatic carbocycles. The van der Waals surface area contributed by atoms with E-state index in [4.69, 9.17) is 9.72 Å². The Kier molecular flexibility index (Phi) is 7.01. The standard InChI is InChI=1S/C29H39N3O2/c1-17(2)21-9-11-22(12-10-21)30-29-31-25-16-24(28(33)34-7)20(6)15-27(25)32(29)26-14-19(5)8-13-23(26)18(3)4/h9-12,15-19,23,26H,8,13-14H2,1-7H3,(H,30,31)/t19-,23+,26-/m1/s1. The lowest BCUT2D eigenvalue weighted by Gasteiger charge is -2.39. The Labute approximate surface area is 203 Å². The summed E-state index contributed by atoms with van der Waals surface area (Å²) in [6.45, 7) is 13.4. The van der Waals surface area contributed by atoms with Crippen LogP contribution in [0.3, 0.4) is 0 Å². The van der Waals surface area contributed by atoms with Crippen molar-refractivity contribution in [3.05, 3.63) is 53.1 Å². The van der Waals surface area contributed by atoms with Gasteiger partial charge in [0.1, 0.15) is 0 Å². The molecule has 5 heteroatoms. The number of nitrogens with one attached hydrogen (secondary N) is 1. The second kappa shape index (κ2) is 9.81. The van der Waals surface area contributed by atoms with Crippen LogP contribution in [0.4, 0.5) is 11.6 Å². The highest BCUT2D eigenvalue weighted by Crippen LogP contribution is 2.44. The molecule has 182 valence electrons. The van der Waals surface area contributed by atoms with Gasteiger partial charge in [-0.2, -0.15) is 0 Å². The summed E-state index contributed by atoms with van der Waals surface area (Å²) in [5, 5.41) is 3.62. The average molecular weight is 462 g/mol. The number of imidazole rings is 1. The second-order valence-corrected chi connectivity index (χ2v) is 10.7. The summed E-state index contributed by atoms with van der Waals surface area (Å²) in [4.78, 5) is 17.4. The number of hydrogen-bond acceptors (Lipinski definition) is 4. The van der Waals surface area contributed by atoms with Crippen LogP contribution >= 0.6 is 0 Å². The predicted molar refractivity (Wildman–Crippen MR) is 140 cm³/mol. The van der Waals surface area contributed by atoms with Crippen molar-refractivity contribution in [1.82, 2.24) is 9.55 Å². The molecule has 0 spiro atoms. The number of rotatable bonds is 6. The highest BCUT2D eigenvalue weighted by atomic mass is 16.5. The van der Waals surface area contributed by atoms with Gasteiger partial charge in [0.2, 0.25) is 5.95 Å². The monoisotopic (exact) mass is 461 g/mol. The SMILES string of the molecule is COC(=O)c1cc2nc(Nc3ccc(C(C)C)cc3)n([C@@H]3C[C@H](C)CC[C@H]3C(C)C)c2cc1C. The van der Waals surface area contributed by atoms with E-state index in [0.29, 0.717) is 35.3 Å². The maximum Gasteiger partial charge on any atom is 0.338 e. The third kappa shape index (κ3) is 4.70. The first-order chi connectivity index (χ1) is 16.2. The van der Waals surface area contributed by atoms with Crippen LogP contribution in [0.15, 0.2) is 36.4 Å². The molecule has 1 N–H and O–H groups in total. The van der Waals surface area contributed by atoms with E-state index in [-0.39, 0.29) is 5.97 Å². The van der Waals surface area contributed by atoms with Crippen LogP contribution in [-0.2, 0) is 4.74 Å². The highest BCUT2D eigenvalue weighted by Gasteiger charge is 2.34. The van der Waals surface area contributed by atoms with Crippen LogP contribution in [-0.4, -0.2) is 22.6 Å². The molecular formula is C29H39N3O2. The molecule has 1 aromatic heterocycles. The Bertz CT molecular complexity index is 1160. The molecule has 34 heavy (non-hydrogen) atoms. The van der Waals surface area contributed by atoms with E-state index >= 15 is 0 Å². The minimum Gasteiger partial charge on any atom is -0.465 e. The topological polar surface area (TPSA) is 56.1 Å².